The molecule has 0 rings (SSSR count). The SMILES string of the molecule is CCCCCCCCCOCC.N. The van der Waals surface area contributed by atoms with Gasteiger partial charge >= 0.3 is 0 Å². The summed E-state index contributed by atoms with van der Waals surface area (Å²) in [5.74, 6) is 0. The van der Waals surface area contributed by atoms with Crippen LogP contribution in [-0.2, 0) is 4.74 Å². The first-order valence-electron chi connectivity index (χ1n) is 5.49. The average molecular weight is 189 g/mol. The average Bonchev–Trinajstić information content (AvgIpc) is 2.10. The van der Waals surface area contributed by atoms with Gasteiger partial charge in [0.25, 0.3) is 0 Å². The highest BCUT2D eigenvalue weighted by Crippen LogP contribution is 2.06. The number of unbranched alkanes of at least 4 members (excludes halogenated alkanes) is 6. The predicted molar refractivity (Wildman–Crippen MR) is 59.5 cm³/mol. The van der Waals surface area contributed by atoms with Crippen LogP contribution in [0.4, 0.5) is 0 Å². The number of hydrogen-bond acceptors (Lipinski definition) is 2. The van der Waals surface area contributed by atoms with E-state index in [9.17, 15) is 0 Å². The first-order chi connectivity index (χ1) is 5.91. The van der Waals surface area contributed by atoms with Crippen molar-refractivity contribution >= 4 is 0 Å². The standard InChI is InChI=1S/C11H24O.H3N/c1-3-5-6-7-8-9-10-11-12-4-2;/h3-11H2,1-2H3;1H3. The molecule has 3 N–H and O–H groups in total. The Morgan fingerprint density at radius 2 is 1.31 bits per heavy atom. The molecule has 0 unspecified atom stereocenters. The van der Waals surface area contributed by atoms with Gasteiger partial charge in [-0.05, 0) is 13.3 Å². The topological polar surface area (TPSA) is 44.2 Å². The molecule has 0 atom stereocenters. The third-order valence-electron chi connectivity index (χ3n) is 2.10. The van der Waals surface area contributed by atoms with Crippen LogP contribution in [0.25, 0.3) is 0 Å². The van der Waals surface area contributed by atoms with Crippen LogP contribution in [0, 0.1) is 0 Å². The fourth-order valence-electron chi connectivity index (χ4n) is 1.31. The van der Waals surface area contributed by atoms with E-state index in [2.05, 4.69) is 13.8 Å². The minimum Gasteiger partial charge on any atom is -0.382 e. The second kappa shape index (κ2) is 14.4. The summed E-state index contributed by atoms with van der Waals surface area (Å²) in [6.45, 7) is 6.15. The molecule has 0 aliphatic carbocycles. The lowest BCUT2D eigenvalue weighted by atomic mass is 10.1. The van der Waals surface area contributed by atoms with Gasteiger partial charge in [-0.2, -0.15) is 0 Å². The minimum atomic E-state index is 0. The minimum absolute atomic E-state index is 0. The van der Waals surface area contributed by atoms with Gasteiger partial charge in [0.15, 0.2) is 0 Å². The smallest absolute Gasteiger partial charge is 0.0465 e. The molecule has 0 bridgehead atoms. The molecule has 0 aromatic rings. The Morgan fingerprint density at radius 1 is 0.769 bits per heavy atom. The summed E-state index contributed by atoms with van der Waals surface area (Å²) in [6.07, 6.45) is 9.59. The van der Waals surface area contributed by atoms with E-state index in [4.69, 9.17) is 4.74 Å². The largest absolute Gasteiger partial charge is 0.382 e. The van der Waals surface area contributed by atoms with Crippen LogP contribution >= 0.6 is 0 Å². The molecule has 0 heterocycles. The Balaban J connectivity index is 0. The zero-order valence-electron chi connectivity index (χ0n) is 9.48. The van der Waals surface area contributed by atoms with Gasteiger partial charge in [0.05, 0.1) is 0 Å². The molecule has 0 aliphatic rings. The maximum atomic E-state index is 5.26. The van der Waals surface area contributed by atoms with Gasteiger partial charge < -0.3 is 10.9 Å². The lowest BCUT2D eigenvalue weighted by Gasteiger charge is -2.01. The number of ether oxygens (including phenoxy) is 1. The van der Waals surface area contributed by atoms with Crippen molar-refractivity contribution in [2.75, 3.05) is 13.2 Å². The van der Waals surface area contributed by atoms with Gasteiger partial charge in [0.2, 0.25) is 0 Å². The normalized spacial score (nSPS) is 9.69. The Labute approximate surface area is 83.6 Å². The molecule has 0 spiro atoms. The molecule has 2 nitrogen and oxygen atoms in total. The van der Waals surface area contributed by atoms with Crippen LogP contribution in [0.15, 0.2) is 0 Å². The maximum Gasteiger partial charge on any atom is 0.0465 e. The van der Waals surface area contributed by atoms with E-state index < -0.39 is 0 Å². The van der Waals surface area contributed by atoms with Gasteiger partial charge in [-0.15, -0.1) is 0 Å². The van der Waals surface area contributed by atoms with Crippen LogP contribution in [0.2, 0.25) is 0 Å². The molecule has 0 amide bonds. The summed E-state index contributed by atoms with van der Waals surface area (Å²) in [4.78, 5) is 0. The van der Waals surface area contributed by atoms with Crippen LogP contribution in [0.3, 0.4) is 0 Å². The van der Waals surface area contributed by atoms with Crippen molar-refractivity contribution < 1.29 is 4.74 Å². The molecule has 0 fully saturated rings. The molecule has 0 aromatic heterocycles. The Kier molecular flexibility index (Phi) is 17.1. The van der Waals surface area contributed by atoms with Crippen molar-refractivity contribution in [3.05, 3.63) is 0 Å². The van der Waals surface area contributed by atoms with E-state index in [-0.39, 0.29) is 6.15 Å². The highest BCUT2D eigenvalue weighted by atomic mass is 16.5. The zero-order valence-corrected chi connectivity index (χ0v) is 9.48. The van der Waals surface area contributed by atoms with Gasteiger partial charge in [-0.3, -0.25) is 0 Å². The van der Waals surface area contributed by atoms with Gasteiger partial charge in [-0.1, -0.05) is 45.4 Å². The molecule has 0 radical (unpaired) electrons. The van der Waals surface area contributed by atoms with E-state index in [1.165, 1.54) is 44.9 Å². The molecular weight excluding hydrogens is 162 g/mol. The first-order valence-corrected chi connectivity index (χ1v) is 5.49. The molecule has 2 heteroatoms. The van der Waals surface area contributed by atoms with Crippen molar-refractivity contribution in [1.29, 1.82) is 0 Å². The van der Waals surface area contributed by atoms with Crippen molar-refractivity contribution in [1.82, 2.24) is 6.15 Å². The van der Waals surface area contributed by atoms with E-state index >= 15 is 0 Å². The molecule has 0 aliphatic heterocycles. The molecule has 13 heavy (non-hydrogen) atoms. The summed E-state index contributed by atoms with van der Waals surface area (Å²) in [5.41, 5.74) is 0. The molecule has 82 valence electrons. The van der Waals surface area contributed by atoms with Crippen LogP contribution in [0.1, 0.15) is 58.8 Å². The van der Waals surface area contributed by atoms with Crippen molar-refractivity contribution in [2.45, 2.75) is 58.8 Å². The Hall–Kier alpha value is -0.0800. The molecule has 0 aromatic carbocycles. The van der Waals surface area contributed by atoms with E-state index in [1.54, 1.807) is 0 Å². The van der Waals surface area contributed by atoms with Crippen molar-refractivity contribution in [3.8, 4) is 0 Å². The highest BCUT2D eigenvalue weighted by Gasteiger charge is 1.89. The predicted octanol–water partition coefficient (Wildman–Crippen LogP) is 3.94. The summed E-state index contributed by atoms with van der Waals surface area (Å²) in [5, 5.41) is 0. The van der Waals surface area contributed by atoms with Gasteiger partial charge in [0.1, 0.15) is 0 Å². The second-order valence-corrected chi connectivity index (χ2v) is 3.32. The van der Waals surface area contributed by atoms with Crippen LogP contribution in [-0.4, -0.2) is 13.2 Å². The van der Waals surface area contributed by atoms with E-state index in [0.717, 1.165) is 13.2 Å². The Bertz CT molecular complexity index is 66.5. The van der Waals surface area contributed by atoms with Gasteiger partial charge in [-0.25, -0.2) is 0 Å². The lowest BCUT2D eigenvalue weighted by Crippen LogP contribution is -1.92. The summed E-state index contributed by atoms with van der Waals surface area (Å²) >= 11 is 0. The lowest BCUT2D eigenvalue weighted by molar-refractivity contribution is 0.143. The number of hydrogen-bond donors (Lipinski definition) is 1. The van der Waals surface area contributed by atoms with Crippen molar-refractivity contribution in [3.63, 3.8) is 0 Å². The molecule has 0 saturated heterocycles. The summed E-state index contributed by atoms with van der Waals surface area (Å²) < 4.78 is 5.26. The van der Waals surface area contributed by atoms with E-state index in [0.29, 0.717) is 0 Å². The van der Waals surface area contributed by atoms with Gasteiger partial charge in [0, 0.05) is 13.2 Å². The fourth-order valence-corrected chi connectivity index (χ4v) is 1.31. The first kappa shape index (κ1) is 15.4. The summed E-state index contributed by atoms with van der Waals surface area (Å²) in [6, 6.07) is 0. The third-order valence-corrected chi connectivity index (χ3v) is 2.10. The van der Waals surface area contributed by atoms with Crippen molar-refractivity contribution in [2.24, 2.45) is 0 Å². The summed E-state index contributed by atoms with van der Waals surface area (Å²) in [7, 11) is 0. The highest BCUT2D eigenvalue weighted by molar-refractivity contribution is 4.44. The molecule has 0 saturated carbocycles. The maximum absolute atomic E-state index is 5.26. The second-order valence-electron chi connectivity index (χ2n) is 3.32. The quantitative estimate of drug-likeness (QED) is 0.558. The van der Waals surface area contributed by atoms with Crippen LogP contribution in [0.5, 0.6) is 0 Å². The third kappa shape index (κ3) is 14.7. The Morgan fingerprint density at radius 3 is 1.85 bits per heavy atom. The molecular formula is C11H27NO. The number of rotatable bonds is 9. The zero-order chi connectivity index (χ0) is 9.07. The van der Waals surface area contributed by atoms with Crippen LogP contribution < -0.4 is 6.15 Å². The monoisotopic (exact) mass is 189 g/mol. The fraction of sp³-hybridized carbons (Fsp3) is 1.00. The van der Waals surface area contributed by atoms with E-state index in [1.807, 2.05) is 0 Å².